The number of ether oxygens (including phenoxy) is 1. The molecule has 1 fully saturated rings. The number of hydrogen-bond donors (Lipinski definition) is 0. The Morgan fingerprint density at radius 3 is 2.62 bits per heavy atom. The lowest BCUT2D eigenvalue weighted by Gasteiger charge is -2.33. The van der Waals surface area contributed by atoms with Crippen LogP contribution in [0.5, 0.6) is 5.75 Å². The molecule has 0 saturated carbocycles. The largest absolute Gasteiger partial charge is 0.484 e. The number of thiazole rings is 1. The summed E-state index contributed by atoms with van der Waals surface area (Å²) >= 11 is 1.40. The zero-order valence-electron chi connectivity index (χ0n) is 15.4. The van der Waals surface area contributed by atoms with Crippen LogP contribution in [0.15, 0.2) is 24.3 Å². The SMILES string of the molecule is CC(=O)c1sc(-c2ccc(OCC(=O)N3CCCC[C@H]3C)cc2)nc1C. The number of likely N-dealkylation sites (tertiary alicyclic amines) is 1. The predicted octanol–water partition coefficient (Wildman–Crippen LogP) is 4.10. The van der Waals surface area contributed by atoms with E-state index in [1.165, 1.54) is 17.8 Å². The minimum Gasteiger partial charge on any atom is -0.484 e. The van der Waals surface area contributed by atoms with Crippen molar-refractivity contribution in [2.75, 3.05) is 13.2 Å². The first-order chi connectivity index (χ1) is 12.5. The van der Waals surface area contributed by atoms with Gasteiger partial charge in [-0.15, -0.1) is 11.3 Å². The lowest BCUT2D eigenvalue weighted by Crippen LogP contribution is -2.44. The van der Waals surface area contributed by atoms with Gasteiger partial charge in [0, 0.05) is 25.1 Å². The molecule has 1 aliphatic rings. The summed E-state index contributed by atoms with van der Waals surface area (Å²) in [6.45, 7) is 6.39. The Hall–Kier alpha value is -2.21. The summed E-state index contributed by atoms with van der Waals surface area (Å²) < 4.78 is 5.67. The van der Waals surface area contributed by atoms with Crippen LogP contribution in [-0.4, -0.2) is 40.8 Å². The Labute approximate surface area is 158 Å². The molecule has 5 nitrogen and oxygen atoms in total. The van der Waals surface area contributed by atoms with Crippen LogP contribution >= 0.6 is 11.3 Å². The number of ketones is 1. The molecule has 0 aliphatic carbocycles. The Morgan fingerprint density at radius 2 is 2.00 bits per heavy atom. The van der Waals surface area contributed by atoms with Gasteiger partial charge in [0.2, 0.25) is 0 Å². The molecule has 1 atom stereocenters. The maximum Gasteiger partial charge on any atom is 0.260 e. The first kappa shape index (κ1) is 18.6. The molecule has 1 amide bonds. The number of amides is 1. The van der Waals surface area contributed by atoms with Crippen LogP contribution in [0.2, 0.25) is 0 Å². The number of carbonyl (C=O) groups excluding carboxylic acids is 2. The molecule has 0 bridgehead atoms. The van der Waals surface area contributed by atoms with E-state index in [0.717, 1.165) is 35.7 Å². The van der Waals surface area contributed by atoms with E-state index in [0.29, 0.717) is 16.7 Å². The van der Waals surface area contributed by atoms with Crippen LogP contribution in [0.25, 0.3) is 10.6 Å². The molecule has 2 heterocycles. The summed E-state index contributed by atoms with van der Waals surface area (Å²) in [6.07, 6.45) is 3.32. The highest BCUT2D eigenvalue weighted by molar-refractivity contribution is 7.17. The molecule has 0 radical (unpaired) electrons. The van der Waals surface area contributed by atoms with Crippen molar-refractivity contribution in [3.8, 4) is 16.3 Å². The van der Waals surface area contributed by atoms with Gasteiger partial charge < -0.3 is 9.64 Å². The van der Waals surface area contributed by atoms with Crippen LogP contribution in [-0.2, 0) is 4.79 Å². The fourth-order valence-corrected chi connectivity index (χ4v) is 4.20. The van der Waals surface area contributed by atoms with E-state index >= 15 is 0 Å². The quantitative estimate of drug-likeness (QED) is 0.742. The molecule has 6 heteroatoms. The molecule has 0 N–H and O–H groups in total. The summed E-state index contributed by atoms with van der Waals surface area (Å²) in [6, 6.07) is 7.79. The Kier molecular flexibility index (Phi) is 5.71. The standard InChI is InChI=1S/C20H24N2O3S/c1-13-6-4-5-11-22(13)18(24)12-25-17-9-7-16(8-10-17)20-21-14(2)19(26-20)15(3)23/h7-10,13H,4-6,11-12H2,1-3H3/t13-/m1/s1. The average Bonchev–Trinajstić information content (AvgIpc) is 3.02. The van der Waals surface area contributed by atoms with Crippen molar-refractivity contribution in [1.82, 2.24) is 9.88 Å². The maximum atomic E-state index is 12.3. The Bertz CT molecular complexity index is 798. The minimum absolute atomic E-state index is 0.0386. The average molecular weight is 372 g/mol. The highest BCUT2D eigenvalue weighted by Crippen LogP contribution is 2.29. The number of hydrogen-bond acceptors (Lipinski definition) is 5. The van der Waals surface area contributed by atoms with E-state index in [1.807, 2.05) is 36.1 Å². The van der Waals surface area contributed by atoms with Crippen molar-refractivity contribution >= 4 is 23.0 Å². The third kappa shape index (κ3) is 4.12. The van der Waals surface area contributed by atoms with Gasteiger partial charge in [0.25, 0.3) is 5.91 Å². The molecular weight excluding hydrogens is 348 g/mol. The minimum atomic E-state index is 0.0386. The summed E-state index contributed by atoms with van der Waals surface area (Å²) in [5.41, 5.74) is 1.70. The monoisotopic (exact) mass is 372 g/mol. The molecule has 1 saturated heterocycles. The van der Waals surface area contributed by atoms with E-state index < -0.39 is 0 Å². The number of rotatable bonds is 5. The molecule has 1 aromatic heterocycles. The number of carbonyl (C=O) groups is 2. The number of aryl methyl sites for hydroxylation is 1. The van der Waals surface area contributed by atoms with E-state index in [9.17, 15) is 9.59 Å². The van der Waals surface area contributed by atoms with E-state index in [1.54, 1.807) is 6.92 Å². The van der Waals surface area contributed by atoms with Crippen molar-refractivity contribution in [1.29, 1.82) is 0 Å². The highest BCUT2D eigenvalue weighted by Gasteiger charge is 2.23. The number of nitrogens with zero attached hydrogens (tertiary/aromatic N) is 2. The van der Waals surface area contributed by atoms with Crippen LogP contribution < -0.4 is 4.74 Å². The molecule has 0 unspecified atom stereocenters. The zero-order valence-corrected chi connectivity index (χ0v) is 16.3. The Balaban J connectivity index is 1.62. The fraction of sp³-hybridized carbons (Fsp3) is 0.450. The van der Waals surface area contributed by atoms with Gasteiger partial charge in [-0.05, 0) is 57.4 Å². The highest BCUT2D eigenvalue weighted by atomic mass is 32.1. The van der Waals surface area contributed by atoms with Gasteiger partial charge >= 0.3 is 0 Å². The first-order valence-electron chi connectivity index (χ1n) is 8.97. The summed E-state index contributed by atoms with van der Waals surface area (Å²) in [4.78, 5) is 31.0. The molecular formula is C20H24N2O3S. The fourth-order valence-electron chi connectivity index (χ4n) is 3.24. The summed E-state index contributed by atoms with van der Waals surface area (Å²) in [5.74, 6) is 0.742. The topological polar surface area (TPSA) is 59.5 Å². The number of benzene rings is 1. The Morgan fingerprint density at radius 1 is 1.27 bits per heavy atom. The van der Waals surface area contributed by atoms with Gasteiger partial charge in [-0.1, -0.05) is 0 Å². The second kappa shape index (κ2) is 7.99. The number of Topliss-reactive ketones (excluding diaryl/α,β-unsaturated/α-hetero) is 1. The molecule has 3 rings (SSSR count). The molecule has 1 aromatic carbocycles. The summed E-state index contributed by atoms with van der Waals surface area (Å²) in [7, 11) is 0. The second-order valence-corrected chi connectivity index (χ2v) is 7.73. The maximum absolute atomic E-state index is 12.3. The van der Waals surface area contributed by atoms with Crippen molar-refractivity contribution in [2.45, 2.75) is 46.1 Å². The van der Waals surface area contributed by atoms with E-state index in [2.05, 4.69) is 11.9 Å². The van der Waals surface area contributed by atoms with Gasteiger partial charge in [0.15, 0.2) is 12.4 Å². The van der Waals surface area contributed by atoms with Gasteiger partial charge in [-0.25, -0.2) is 4.98 Å². The molecule has 0 spiro atoms. The second-order valence-electron chi connectivity index (χ2n) is 6.73. The third-order valence-electron chi connectivity index (χ3n) is 4.70. The molecule has 2 aromatic rings. The van der Waals surface area contributed by atoms with Crippen LogP contribution in [0.1, 0.15) is 48.5 Å². The van der Waals surface area contributed by atoms with Crippen molar-refractivity contribution in [2.24, 2.45) is 0 Å². The molecule has 1 aliphatic heterocycles. The lowest BCUT2D eigenvalue weighted by atomic mass is 10.0. The van der Waals surface area contributed by atoms with Gasteiger partial charge in [-0.3, -0.25) is 9.59 Å². The number of piperidine rings is 1. The number of aromatic nitrogens is 1. The van der Waals surface area contributed by atoms with Crippen LogP contribution in [0, 0.1) is 6.92 Å². The lowest BCUT2D eigenvalue weighted by molar-refractivity contribution is -0.136. The normalized spacial score (nSPS) is 17.2. The van der Waals surface area contributed by atoms with Crippen LogP contribution in [0.4, 0.5) is 0 Å². The van der Waals surface area contributed by atoms with Crippen molar-refractivity contribution < 1.29 is 14.3 Å². The van der Waals surface area contributed by atoms with Gasteiger partial charge in [0.1, 0.15) is 10.8 Å². The molecule has 26 heavy (non-hydrogen) atoms. The predicted molar refractivity (Wildman–Crippen MR) is 103 cm³/mol. The van der Waals surface area contributed by atoms with E-state index in [4.69, 9.17) is 4.74 Å². The van der Waals surface area contributed by atoms with E-state index in [-0.39, 0.29) is 18.3 Å². The smallest absolute Gasteiger partial charge is 0.260 e. The van der Waals surface area contributed by atoms with Crippen LogP contribution in [0.3, 0.4) is 0 Å². The van der Waals surface area contributed by atoms with Gasteiger partial charge in [0.05, 0.1) is 10.6 Å². The van der Waals surface area contributed by atoms with Crippen molar-refractivity contribution in [3.05, 3.63) is 34.8 Å². The molecule has 138 valence electrons. The zero-order chi connectivity index (χ0) is 18.7. The third-order valence-corrected chi connectivity index (χ3v) is 6.01. The summed E-state index contributed by atoms with van der Waals surface area (Å²) in [5, 5.41) is 0.817. The first-order valence-corrected chi connectivity index (χ1v) is 9.78. The van der Waals surface area contributed by atoms with Gasteiger partial charge in [-0.2, -0.15) is 0 Å². The van der Waals surface area contributed by atoms with Crippen molar-refractivity contribution in [3.63, 3.8) is 0 Å².